The normalized spacial score (nSPS) is 12.6. The second kappa shape index (κ2) is 8.78. The second-order valence-corrected chi connectivity index (χ2v) is 6.97. The lowest BCUT2D eigenvalue weighted by Crippen LogP contribution is -2.34. The summed E-state index contributed by atoms with van der Waals surface area (Å²) in [4.78, 5) is 11.1. The third-order valence-corrected chi connectivity index (χ3v) is 3.60. The number of hydrogen-bond donors (Lipinski definition) is 2. The first kappa shape index (κ1) is 20.1. The molecule has 1 unspecified atom stereocenters. The zero-order chi connectivity index (χ0) is 18.3. The Morgan fingerprint density at radius 3 is 2.04 bits per heavy atom. The molecule has 6 nitrogen and oxygen atoms in total. The second-order valence-electron chi connectivity index (χ2n) is 6.97. The minimum Gasteiger partial charge on any atom is -0.493 e. The van der Waals surface area contributed by atoms with Gasteiger partial charge in [0.25, 0.3) is 0 Å². The molecule has 1 rings (SSSR count). The molecular weight excluding hydrogens is 310 g/mol. The van der Waals surface area contributed by atoms with Crippen molar-refractivity contribution in [3.8, 4) is 17.2 Å². The molecule has 1 aromatic carbocycles. The van der Waals surface area contributed by atoms with E-state index in [0.717, 1.165) is 12.0 Å². The van der Waals surface area contributed by atoms with Gasteiger partial charge in [0.2, 0.25) is 5.75 Å². The first-order chi connectivity index (χ1) is 11.2. The van der Waals surface area contributed by atoms with Gasteiger partial charge in [-0.15, -0.1) is 0 Å². The first-order valence-electron chi connectivity index (χ1n) is 7.94. The van der Waals surface area contributed by atoms with Crippen molar-refractivity contribution in [2.45, 2.75) is 46.2 Å². The molecule has 0 fully saturated rings. The van der Waals surface area contributed by atoms with Crippen LogP contribution < -0.4 is 19.5 Å². The van der Waals surface area contributed by atoms with Gasteiger partial charge in [0, 0.05) is 12.6 Å². The average Bonchev–Trinajstić information content (AvgIpc) is 2.49. The van der Waals surface area contributed by atoms with E-state index in [2.05, 4.69) is 26.1 Å². The van der Waals surface area contributed by atoms with Gasteiger partial charge in [-0.25, -0.2) is 0 Å². The highest BCUT2D eigenvalue weighted by molar-refractivity contribution is 5.67. The van der Waals surface area contributed by atoms with Crippen molar-refractivity contribution in [2.24, 2.45) is 5.41 Å². The first-order valence-corrected chi connectivity index (χ1v) is 7.94. The summed E-state index contributed by atoms with van der Waals surface area (Å²) in [7, 11) is 4.70. The summed E-state index contributed by atoms with van der Waals surface area (Å²) in [6.45, 7) is 6.82. The van der Waals surface area contributed by atoms with E-state index in [0.29, 0.717) is 23.8 Å². The lowest BCUT2D eigenvalue weighted by molar-refractivity contribution is -0.137. The van der Waals surface area contributed by atoms with E-state index in [4.69, 9.17) is 19.3 Å². The van der Waals surface area contributed by atoms with Gasteiger partial charge in [-0.3, -0.25) is 4.79 Å². The Kier molecular flexibility index (Phi) is 7.35. The zero-order valence-electron chi connectivity index (χ0n) is 15.4. The summed E-state index contributed by atoms with van der Waals surface area (Å²) in [5.41, 5.74) is 0.983. The molecule has 0 radical (unpaired) electrons. The fourth-order valence-corrected chi connectivity index (χ4v) is 2.67. The largest absolute Gasteiger partial charge is 0.493 e. The van der Waals surface area contributed by atoms with Crippen molar-refractivity contribution >= 4 is 5.97 Å². The van der Waals surface area contributed by atoms with Gasteiger partial charge in [-0.2, -0.15) is 0 Å². The molecule has 2 N–H and O–H groups in total. The van der Waals surface area contributed by atoms with Gasteiger partial charge in [0.1, 0.15) is 0 Å². The molecule has 0 saturated heterocycles. The van der Waals surface area contributed by atoms with Gasteiger partial charge in [0.05, 0.1) is 27.8 Å². The molecular formula is C18H29NO5. The Bertz CT molecular complexity index is 526. The molecule has 0 heterocycles. The predicted molar refractivity (Wildman–Crippen MR) is 93.1 cm³/mol. The number of rotatable bonds is 9. The van der Waals surface area contributed by atoms with E-state index in [1.807, 2.05) is 12.1 Å². The number of benzene rings is 1. The van der Waals surface area contributed by atoms with Crippen LogP contribution in [-0.4, -0.2) is 38.4 Å². The van der Waals surface area contributed by atoms with E-state index < -0.39 is 5.97 Å². The van der Waals surface area contributed by atoms with Gasteiger partial charge in [-0.1, -0.05) is 20.8 Å². The van der Waals surface area contributed by atoms with Crippen LogP contribution in [0.3, 0.4) is 0 Å². The van der Waals surface area contributed by atoms with Crippen LogP contribution in [0.5, 0.6) is 17.2 Å². The van der Waals surface area contributed by atoms with Crippen LogP contribution in [-0.2, 0) is 11.3 Å². The number of ether oxygens (including phenoxy) is 3. The van der Waals surface area contributed by atoms with E-state index in [-0.39, 0.29) is 17.9 Å². The molecule has 0 amide bonds. The summed E-state index contributed by atoms with van der Waals surface area (Å²) in [5, 5.41) is 12.4. The van der Waals surface area contributed by atoms with Crippen molar-refractivity contribution in [3.05, 3.63) is 17.7 Å². The standard InChI is InChI=1S/C18H29NO5/c1-18(2,3)10-13(9-16(20)21)19-11-12-7-14(22-4)17(24-6)15(8-12)23-5/h7-8,13,19H,9-11H2,1-6H3,(H,20,21). The number of carboxylic acids is 1. The van der Waals surface area contributed by atoms with Crippen molar-refractivity contribution in [1.82, 2.24) is 5.32 Å². The molecule has 0 aromatic heterocycles. The molecule has 6 heteroatoms. The SMILES string of the molecule is COc1cc(CNC(CC(=O)O)CC(C)(C)C)cc(OC)c1OC. The Morgan fingerprint density at radius 1 is 1.12 bits per heavy atom. The molecule has 136 valence electrons. The molecule has 0 aliphatic rings. The number of hydrogen-bond acceptors (Lipinski definition) is 5. The van der Waals surface area contributed by atoms with Gasteiger partial charge < -0.3 is 24.6 Å². The van der Waals surface area contributed by atoms with E-state index in [9.17, 15) is 4.79 Å². The van der Waals surface area contributed by atoms with Gasteiger partial charge >= 0.3 is 5.97 Å². The Hall–Kier alpha value is -1.95. The number of nitrogens with one attached hydrogen (secondary N) is 1. The summed E-state index contributed by atoms with van der Waals surface area (Å²) in [6, 6.07) is 3.62. The fourth-order valence-electron chi connectivity index (χ4n) is 2.67. The van der Waals surface area contributed by atoms with Crippen LogP contribution >= 0.6 is 0 Å². The van der Waals surface area contributed by atoms with E-state index in [1.165, 1.54) is 0 Å². The Balaban J connectivity index is 2.91. The number of carbonyl (C=O) groups is 1. The van der Waals surface area contributed by atoms with Crippen LogP contribution in [0, 0.1) is 5.41 Å². The van der Waals surface area contributed by atoms with E-state index >= 15 is 0 Å². The molecule has 1 aromatic rings. The maximum Gasteiger partial charge on any atom is 0.304 e. The van der Waals surface area contributed by atoms with Crippen LogP contribution in [0.1, 0.15) is 39.2 Å². The van der Waals surface area contributed by atoms with Crippen LogP contribution in [0.25, 0.3) is 0 Å². The molecule has 0 aliphatic heterocycles. The average molecular weight is 339 g/mol. The molecule has 0 saturated carbocycles. The zero-order valence-corrected chi connectivity index (χ0v) is 15.4. The smallest absolute Gasteiger partial charge is 0.304 e. The summed E-state index contributed by atoms with van der Waals surface area (Å²) in [5.74, 6) is 0.903. The van der Waals surface area contributed by atoms with Crippen LogP contribution in [0.2, 0.25) is 0 Å². The van der Waals surface area contributed by atoms with E-state index in [1.54, 1.807) is 21.3 Å². The Labute approximate surface area is 144 Å². The van der Waals surface area contributed by atoms with Crippen LogP contribution in [0.15, 0.2) is 12.1 Å². The van der Waals surface area contributed by atoms with Crippen molar-refractivity contribution in [2.75, 3.05) is 21.3 Å². The fraction of sp³-hybridized carbons (Fsp3) is 0.611. The maximum atomic E-state index is 11.1. The molecule has 0 bridgehead atoms. The molecule has 0 aliphatic carbocycles. The van der Waals surface area contributed by atoms with Gasteiger partial charge in [-0.05, 0) is 29.5 Å². The van der Waals surface area contributed by atoms with Crippen molar-refractivity contribution < 1.29 is 24.1 Å². The third kappa shape index (κ3) is 6.28. The van der Waals surface area contributed by atoms with Crippen LogP contribution in [0.4, 0.5) is 0 Å². The monoisotopic (exact) mass is 339 g/mol. The third-order valence-electron chi connectivity index (χ3n) is 3.60. The van der Waals surface area contributed by atoms with Crippen molar-refractivity contribution in [3.63, 3.8) is 0 Å². The molecule has 24 heavy (non-hydrogen) atoms. The number of aliphatic carboxylic acids is 1. The molecule has 0 spiro atoms. The highest BCUT2D eigenvalue weighted by atomic mass is 16.5. The van der Waals surface area contributed by atoms with Crippen molar-refractivity contribution in [1.29, 1.82) is 0 Å². The predicted octanol–water partition coefficient (Wildman–Crippen LogP) is 3.08. The van der Waals surface area contributed by atoms with Gasteiger partial charge in [0.15, 0.2) is 11.5 Å². The summed E-state index contributed by atoms with van der Waals surface area (Å²) >= 11 is 0. The highest BCUT2D eigenvalue weighted by Gasteiger charge is 2.21. The maximum absolute atomic E-state index is 11.1. The lowest BCUT2D eigenvalue weighted by atomic mass is 9.87. The minimum atomic E-state index is -0.804. The minimum absolute atomic E-state index is 0.0441. The molecule has 1 atom stereocenters. The topological polar surface area (TPSA) is 77.0 Å². The number of methoxy groups -OCH3 is 3. The summed E-state index contributed by atoms with van der Waals surface area (Å²) < 4.78 is 16.0. The Morgan fingerprint density at radius 2 is 1.67 bits per heavy atom. The number of carboxylic acid groups (broad SMARTS) is 1. The quantitative estimate of drug-likeness (QED) is 0.720. The lowest BCUT2D eigenvalue weighted by Gasteiger charge is -2.26. The summed E-state index contributed by atoms with van der Waals surface area (Å²) in [6.07, 6.45) is 0.853. The highest BCUT2D eigenvalue weighted by Crippen LogP contribution is 2.38.